The van der Waals surface area contributed by atoms with E-state index in [4.69, 9.17) is 0 Å². The van der Waals surface area contributed by atoms with E-state index in [0.29, 0.717) is 26.1 Å². The third-order valence-corrected chi connectivity index (χ3v) is 7.18. The van der Waals surface area contributed by atoms with Crippen LogP contribution in [0, 0.1) is 0 Å². The maximum Gasteiger partial charge on any atom is 0.211 e. The van der Waals surface area contributed by atoms with Crippen LogP contribution in [0.1, 0.15) is 16.7 Å². The van der Waals surface area contributed by atoms with Gasteiger partial charge in [-0.1, -0.05) is 46.3 Å². The van der Waals surface area contributed by atoms with Crippen LogP contribution in [0.3, 0.4) is 0 Å². The van der Waals surface area contributed by atoms with E-state index in [9.17, 15) is 8.42 Å². The zero-order chi connectivity index (χ0) is 21.1. The van der Waals surface area contributed by atoms with E-state index in [-0.39, 0.29) is 6.04 Å². The summed E-state index contributed by atoms with van der Waals surface area (Å²) in [5, 5.41) is 0. The van der Waals surface area contributed by atoms with E-state index in [0.717, 1.165) is 26.9 Å². The van der Waals surface area contributed by atoms with Gasteiger partial charge in [0.2, 0.25) is 10.0 Å². The number of pyridine rings is 1. The minimum Gasteiger partial charge on any atom is -0.365 e. The van der Waals surface area contributed by atoms with Crippen LogP contribution >= 0.6 is 15.9 Å². The summed E-state index contributed by atoms with van der Waals surface area (Å²) in [6, 6.07) is 20.0. The molecule has 4 rings (SSSR count). The van der Waals surface area contributed by atoms with Crippen LogP contribution in [0.25, 0.3) is 0 Å². The van der Waals surface area contributed by atoms with Gasteiger partial charge in [0.25, 0.3) is 0 Å². The average molecular weight is 486 g/mol. The molecule has 0 saturated carbocycles. The lowest BCUT2D eigenvalue weighted by Gasteiger charge is -2.31. The molecule has 1 aromatic heterocycles. The van der Waals surface area contributed by atoms with Crippen molar-refractivity contribution in [3.05, 3.63) is 94.2 Å². The van der Waals surface area contributed by atoms with Crippen LogP contribution in [0.5, 0.6) is 0 Å². The first kappa shape index (κ1) is 21.0. The molecule has 0 bridgehead atoms. The largest absolute Gasteiger partial charge is 0.365 e. The minimum atomic E-state index is -3.39. The molecule has 0 aliphatic carbocycles. The molecule has 1 aliphatic rings. The molecule has 7 heteroatoms. The third-order valence-electron chi connectivity index (χ3n) is 5.41. The van der Waals surface area contributed by atoms with E-state index in [1.807, 2.05) is 42.5 Å². The zero-order valence-electron chi connectivity index (χ0n) is 16.8. The highest BCUT2D eigenvalue weighted by molar-refractivity contribution is 9.10. The Hall–Kier alpha value is -2.22. The molecule has 0 fully saturated rings. The fourth-order valence-corrected chi connectivity index (χ4v) is 5.49. The summed E-state index contributed by atoms with van der Waals surface area (Å²) in [6.07, 6.45) is 5.55. The first-order valence-electron chi connectivity index (χ1n) is 9.83. The lowest BCUT2D eigenvalue weighted by Crippen LogP contribution is -2.45. The second-order valence-electron chi connectivity index (χ2n) is 7.66. The third kappa shape index (κ3) is 4.91. The number of hydrogen-bond donors (Lipinski definition) is 0. The molecule has 156 valence electrons. The van der Waals surface area contributed by atoms with Crippen LogP contribution in [0.2, 0.25) is 0 Å². The maximum atomic E-state index is 12.8. The van der Waals surface area contributed by atoms with E-state index in [1.54, 1.807) is 16.7 Å². The van der Waals surface area contributed by atoms with Crippen molar-refractivity contribution in [2.24, 2.45) is 0 Å². The van der Waals surface area contributed by atoms with Gasteiger partial charge in [0.1, 0.15) is 0 Å². The van der Waals surface area contributed by atoms with Gasteiger partial charge in [0.05, 0.1) is 6.26 Å². The molecule has 1 unspecified atom stereocenters. The second kappa shape index (κ2) is 8.88. The number of fused-ring (bicyclic) bond motifs is 1. The highest BCUT2D eigenvalue weighted by Crippen LogP contribution is 2.33. The van der Waals surface area contributed by atoms with E-state index in [2.05, 4.69) is 44.0 Å². The summed E-state index contributed by atoms with van der Waals surface area (Å²) in [5.74, 6) is 0. The highest BCUT2D eigenvalue weighted by Gasteiger charge is 2.33. The summed E-state index contributed by atoms with van der Waals surface area (Å²) >= 11 is 3.55. The van der Waals surface area contributed by atoms with E-state index < -0.39 is 10.0 Å². The molecule has 0 radical (unpaired) electrons. The number of aromatic nitrogens is 1. The van der Waals surface area contributed by atoms with Gasteiger partial charge < -0.3 is 4.90 Å². The first-order chi connectivity index (χ1) is 14.4. The Labute approximate surface area is 186 Å². The predicted molar refractivity (Wildman–Crippen MR) is 124 cm³/mol. The molecule has 1 aliphatic heterocycles. The van der Waals surface area contributed by atoms with Gasteiger partial charge in [-0.3, -0.25) is 4.98 Å². The van der Waals surface area contributed by atoms with Gasteiger partial charge in [-0.15, -0.1) is 0 Å². The Morgan fingerprint density at radius 3 is 2.47 bits per heavy atom. The molecule has 2 heterocycles. The van der Waals surface area contributed by atoms with E-state index in [1.165, 1.54) is 6.26 Å². The first-order valence-corrected chi connectivity index (χ1v) is 12.5. The van der Waals surface area contributed by atoms with Crippen LogP contribution in [-0.2, 0) is 29.5 Å². The standard InChI is InChI=1S/C23H24BrN3O2S/c1-30(28,29)27-16-20-14-21(24)7-8-23(20)26(15-19-9-11-25-12-10-19)17-22(27)13-18-5-3-2-4-6-18/h2-12,14,22H,13,15-17H2,1H3. The van der Waals surface area contributed by atoms with Crippen molar-refractivity contribution in [3.8, 4) is 0 Å². The SMILES string of the molecule is CS(=O)(=O)N1Cc2cc(Br)ccc2N(Cc2ccncc2)CC1Cc1ccccc1. The number of rotatable bonds is 5. The van der Waals surface area contributed by atoms with Crippen molar-refractivity contribution in [3.63, 3.8) is 0 Å². The van der Waals surface area contributed by atoms with Gasteiger partial charge in [-0.2, -0.15) is 4.31 Å². The fourth-order valence-electron chi connectivity index (χ4n) is 4.03. The van der Waals surface area contributed by atoms with Crippen LogP contribution < -0.4 is 4.90 Å². The Morgan fingerprint density at radius 1 is 1.03 bits per heavy atom. The van der Waals surface area contributed by atoms with Gasteiger partial charge in [-0.25, -0.2) is 8.42 Å². The second-order valence-corrected chi connectivity index (χ2v) is 10.5. The number of nitrogens with zero attached hydrogens (tertiary/aromatic N) is 3. The molecular formula is C23H24BrN3O2S. The summed E-state index contributed by atoms with van der Waals surface area (Å²) in [5.41, 5.74) is 4.34. The molecule has 5 nitrogen and oxygen atoms in total. The normalized spacial score (nSPS) is 17.4. The topological polar surface area (TPSA) is 53.5 Å². The number of hydrogen-bond acceptors (Lipinski definition) is 4. The summed E-state index contributed by atoms with van der Waals surface area (Å²) in [6.45, 7) is 1.66. The Morgan fingerprint density at radius 2 is 1.77 bits per heavy atom. The van der Waals surface area contributed by atoms with Gasteiger partial charge >= 0.3 is 0 Å². The van der Waals surface area contributed by atoms with Crippen molar-refractivity contribution in [2.45, 2.75) is 25.6 Å². The van der Waals surface area contributed by atoms with Crippen molar-refractivity contribution in [1.29, 1.82) is 0 Å². The van der Waals surface area contributed by atoms with Crippen molar-refractivity contribution in [1.82, 2.24) is 9.29 Å². The van der Waals surface area contributed by atoms with Crippen molar-refractivity contribution < 1.29 is 8.42 Å². The maximum absolute atomic E-state index is 12.8. The highest BCUT2D eigenvalue weighted by atomic mass is 79.9. The molecule has 1 atom stereocenters. The molecule has 3 aromatic rings. The Bertz CT molecular complexity index is 1110. The van der Waals surface area contributed by atoms with Crippen molar-refractivity contribution >= 4 is 31.6 Å². The monoisotopic (exact) mass is 485 g/mol. The molecular weight excluding hydrogens is 462 g/mol. The van der Waals surface area contributed by atoms with Crippen LogP contribution in [-0.4, -0.2) is 36.5 Å². The summed E-state index contributed by atoms with van der Waals surface area (Å²) in [4.78, 5) is 6.40. The lowest BCUT2D eigenvalue weighted by atomic mass is 10.1. The smallest absolute Gasteiger partial charge is 0.211 e. The number of anilines is 1. The van der Waals surface area contributed by atoms with E-state index >= 15 is 0 Å². The molecule has 2 aromatic carbocycles. The van der Waals surface area contributed by atoms with Crippen LogP contribution in [0.4, 0.5) is 5.69 Å². The zero-order valence-corrected chi connectivity index (χ0v) is 19.2. The van der Waals surface area contributed by atoms with Gasteiger partial charge in [0.15, 0.2) is 0 Å². The number of benzene rings is 2. The summed E-state index contributed by atoms with van der Waals surface area (Å²) in [7, 11) is -3.39. The molecule has 0 spiro atoms. The molecule has 0 N–H and O–H groups in total. The molecule has 30 heavy (non-hydrogen) atoms. The van der Waals surface area contributed by atoms with Crippen LogP contribution in [0.15, 0.2) is 77.5 Å². The number of sulfonamides is 1. The predicted octanol–water partition coefficient (Wildman–Crippen LogP) is 4.24. The quantitative estimate of drug-likeness (QED) is 0.542. The van der Waals surface area contributed by atoms with Crippen molar-refractivity contribution in [2.75, 3.05) is 17.7 Å². The molecule has 0 saturated heterocycles. The fraction of sp³-hybridized carbons (Fsp3) is 0.261. The minimum absolute atomic E-state index is 0.171. The number of halogens is 1. The Kier molecular flexibility index (Phi) is 6.22. The summed E-state index contributed by atoms with van der Waals surface area (Å²) < 4.78 is 28.2. The average Bonchev–Trinajstić information content (AvgIpc) is 2.86. The lowest BCUT2D eigenvalue weighted by molar-refractivity contribution is 0.320. The molecule has 0 amide bonds. The van der Waals surface area contributed by atoms with Gasteiger partial charge in [-0.05, 0) is 53.4 Å². The Balaban J connectivity index is 1.76. The van der Waals surface area contributed by atoms with Gasteiger partial charge in [0, 0.05) is 48.2 Å².